The molecule has 0 saturated carbocycles. The lowest BCUT2D eigenvalue weighted by atomic mass is 9.92. The Labute approximate surface area is 90.4 Å². The van der Waals surface area contributed by atoms with Crippen molar-refractivity contribution >= 4 is 10.8 Å². The lowest BCUT2D eigenvalue weighted by Crippen LogP contribution is -1.93. The SMILES string of the molecule is Cc1ccc2ccc(O)cc2c1C(C)C. The zero-order chi connectivity index (χ0) is 11.0. The van der Waals surface area contributed by atoms with Gasteiger partial charge in [-0.15, -0.1) is 0 Å². The maximum absolute atomic E-state index is 9.53. The Morgan fingerprint density at radius 1 is 1.07 bits per heavy atom. The molecule has 1 N–H and O–H groups in total. The van der Waals surface area contributed by atoms with Crippen molar-refractivity contribution in [3.63, 3.8) is 0 Å². The number of hydrogen-bond donors (Lipinski definition) is 1. The normalized spacial score (nSPS) is 11.2. The molecule has 0 aromatic heterocycles. The van der Waals surface area contributed by atoms with Crippen LogP contribution in [0.25, 0.3) is 10.8 Å². The Morgan fingerprint density at radius 3 is 2.40 bits per heavy atom. The number of rotatable bonds is 1. The minimum absolute atomic E-state index is 0.343. The van der Waals surface area contributed by atoms with Crippen LogP contribution in [0.1, 0.15) is 30.9 Å². The zero-order valence-electron chi connectivity index (χ0n) is 9.41. The Hall–Kier alpha value is -1.50. The summed E-state index contributed by atoms with van der Waals surface area (Å²) in [7, 11) is 0. The van der Waals surface area contributed by atoms with E-state index in [1.807, 2.05) is 12.1 Å². The number of benzene rings is 2. The van der Waals surface area contributed by atoms with E-state index >= 15 is 0 Å². The van der Waals surface area contributed by atoms with E-state index in [1.54, 1.807) is 6.07 Å². The Kier molecular flexibility index (Phi) is 2.39. The second-order valence-corrected chi connectivity index (χ2v) is 4.36. The third kappa shape index (κ3) is 1.70. The summed E-state index contributed by atoms with van der Waals surface area (Å²) in [6.45, 7) is 6.50. The summed E-state index contributed by atoms with van der Waals surface area (Å²) in [4.78, 5) is 0. The van der Waals surface area contributed by atoms with Gasteiger partial charge in [-0.1, -0.05) is 32.0 Å². The summed E-state index contributed by atoms with van der Waals surface area (Å²) >= 11 is 0. The minimum atomic E-state index is 0.343. The molecule has 0 unspecified atom stereocenters. The smallest absolute Gasteiger partial charge is 0.116 e. The van der Waals surface area contributed by atoms with Gasteiger partial charge in [-0.3, -0.25) is 0 Å². The Morgan fingerprint density at radius 2 is 1.73 bits per heavy atom. The van der Waals surface area contributed by atoms with E-state index in [0.29, 0.717) is 11.7 Å². The van der Waals surface area contributed by atoms with Gasteiger partial charge in [0, 0.05) is 0 Å². The third-order valence-corrected chi connectivity index (χ3v) is 2.84. The largest absolute Gasteiger partial charge is 0.508 e. The van der Waals surface area contributed by atoms with E-state index < -0.39 is 0 Å². The van der Waals surface area contributed by atoms with Crippen molar-refractivity contribution in [1.29, 1.82) is 0 Å². The van der Waals surface area contributed by atoms with E-state index in [-0.39, 0.29) is 0 Å². The highest BCUT2D eigenvalue weighted by Gasteiger charge is 2.08. The molecule has 0 aliphatic rings. The molecule has 0 atom stereocenters. The van der Waals surface area contributed by atoms with E-state index in [4.69, 9.17) is 0 Å². The van der Waals surface area contributed by atoms with Crippen LogP contribution in [0.4, 0.5) is 0 Å². The molecule has 1 nitrogen and oxygen atoms in total. The summed E-state index contributed by atoms with van der Waals surface area (Å²) in [5, 5.41) is 11.9. The molecule has 2 aromatic rings. The molecule has 0 aliphatic heterocycles. The second kappa shape index (κ2) is 3.58. The van der Waals surface area contributed by atoms with Gasteiger partial charge in [0.1, 0.15) is 5.75 Å². The highest BCUT2D eigenvalue weighted by atomic mass is 16.3. The standard InChI is InChI=1S/C14H16O/c1-9(2)14-10(3)4-5-11-6-7-12(15)8-13(11)14/h4-9,15H,1-3H3. The maximum Gasteiger partial charge on any atom is 0.116 e. The molecule has 0 fully saturated rings. The first-order chi connectivity index (χ1) is 7.09. The first kappa shape index (κ1) is 10.0. The van der Waals surface area contributed by atoms with Crippen molar-refractivity contribution < 1.29 is 5.11 Å². The second-order valence-electron chi connectivity index (χ2n) is 4.36. The lowest BCUT2D eigenvalue weighted by Gasteiger charge is -2.13. The van der Waals surface area contributed by atoms with Crippen molar-refractivity contribution in [2.75, 3.05) is 0 Å². The van der Waals surface area contributed by atoms with Crippen LogP contribution < -0.4 is 0 Å². The summed E-state index contributed by atoms with van der Waals surface area (Å²) in [5.41, 5.74) is 2.63. The lowest BCUT2D eigenvalue weighted by molar-refractivity contribution is 0.476. The predicted molar refractivity (Wildman–Crippen MR) is 64.4 cm³/mol. The molecular weight excluding hydrogens is 184 g/mol. The van der Waals surface area contributed by atoms with Gasteiger partial charge in [0.2, 0.25) is 0 Å². The first-order valence-corrected chi connectivity index (χ1v) is 5.32. The van der Waals surface area contributed by atoms with E-state index in [2.05, 4.69) is 32.9 Å². The monoisotopic (exact) mass is 200 g/mol. The van der Waals surface area contributed by atoms with Crippen molar-refractivity contribution in [2.45, 2.75) is 26.7 Å². The summed E-state index contributed by atoms with van der Waals surface area (Å²) in [5.74, 6) is 0.825. The molecule has 0 radical (unpaired) electrons. The molecule has 0 saturated heterocycles. The number of fused-ring (bicyclic) bond motifs is 1. The van der Waals surface area contributed by atoms with Crippen LogP contribution in [-0.4, -0.2) is 5.11 Å². The van der Waals surface area contributed by atoms with Crippen molar-refractivity contribution in [2.24, 2.45) is 0 Å². The number of hydrogen-bond acceptors (Lipinski definition) is 1. The zero-order valence-corrected chi connectivity index (χ0v) is 9.41. The van der Waals surface area contributed by atoms with Gasteiger partial charge in [0.15, 0.2) is 0 Å². The fourth-order valence-electron chi connectivity index (χ4n) is 2.21. The van der Waals surface area contributed by atoms with Gasteiger partial charge in [-0.2, -0.15) is 0 Å². The third-order valence-electron chi connectivity index (χ3n) is 2.84. The average Bonchev–Trinajstić information content (AvgIpc) is 2.16. The topological polar surface area (TPSA) is 20.2 Å². The molecule has 0 heterocycles. The first-order valence-electron chi connectivity index (χ1n) is 5.32. The quantitative estimate of drug-likeness (QED) is 0.738. The molecular formula is C14H16O. The average molecular weight is 200 g/mol. The van der Waals surface area contributed by atoms with E-state index in [9.17, 15) is 5.11 Å². The Balaban J connectivity index is 2.84. The number of aromatic hydroxyl groups is 1. The fourth-order valence-corrected chi connectivity index (χ4v) is 2.21. The van der Waals surface area contributed by atoms with Crippen LogP contribution in [0.2, 0.25) is 0 Å². The molecule has 1 heteroatoms. The molecule has 0 spiro atoms. The van der Waals surface area contributed by atoms with Gasteiger partial charge >= 0.3 is 0 Å². The van der Waals surface area contributed by atoms with Gasteiger partial charge in [-0.25, -0.2) is 0 Å². The molecule has 2 aromatic carbocycles. The maximum atomic E-state index is 9.53. The molecule has 0 aliphatic carbocycles. The summed E-state index contributed by atoms with van der Waals surface area (Å²) in [6.07, 6.45) is 0. The van der Waals surface area contributed by atoms with Gasteiger partial charge in [0.25, 0.3) is 0 Å². The van der Waals surface area contributed by atoms with E-state index in [1.165, 1.54) is 21.9 Å². The van der Waals surface area contributed by atoms with Crippen molar-refractivity contribution in [3.05, 3.63) is 41.5 Å². The van der Waals surface area contributed by atoms with Crippen molar-refractivity contribution in [1.82, 2.24) is 0 Å². The number of phenolic OH excluding ortho intramolecular Hbond substituents is 1. The predicted octanol–water partition coefficient (Wildman–Crippen LogP) is 3.98. The van der Waals surface area contributed by atoms with E-state index in [0.717, 1.165) is 0 Å². The highest BCUT2D eigenvalue weighted by molar-refractivity contribution is 5.88. The number of aryl methyl sites for hydroxylation is 1. The minimum Gasteiger partial charge on any atom is -0.508 e. The van der Waals surface area contributed by atoms with Crippen LogP contribution in [-0.2, 0) is 0 Å². The molecule has 0 amide bonds. The summed E-state index contributed by atoms with van der Waals surface area (Å²) < 4.78 is 0. The molecule has 78 valence electrons. The van der Waals surface area contributed by atoms with Gasteiger partial charge < -0.3 is 5.11 Å². The Bertz CT molecular complexity index is 493. The number of phenols is 1. The highest BCUT2D eigenvalue weighted by Crippen LogP contribution is 2.30. The van der Waals surface area contributed by atoms with Crippen LogP contribution in [0.3, 0.4) is 0 Å². The molecule has 0 bridgehead atoms. The fraction of sp³-hybridized carbons (Fsp3) is 0.286. The molecule has 2 rings (SSSR count). The van der Waals surface area contributed by atoms with Crippen LogP contribution in [0.5, 0.6) is 5.75 Å². The van der Waals surface area contributed by atoms with Gasteiger partial charge in [-0.05, 0) is 46.9 Å². The van der Waals surface area contributed by atoms with Crippen LogP contribution >= 0.6 is 0 Å². The van der Waals surface area contributed by atoms with Gasteiger partial charge in [0.05, 0.1) is 0 Å². The summed E-state index contributed by atoms with van der Waals surface area (Å²) in [6, 6.07) is 9.82. The van der Waals surface area contributed by atoms with Crippen molar-refractivity contribution in [3.8, 4) is 5.75 Å². The van der Waals surface area contributed by atoms with Crippen LogP contribution in [0.15, 0.2) is 30.3 Å². The van der Waals surface area contributed by atoms with Crippen LogP contribution in [0, 0.1) is 6.92 Å². The molecule has 15 heavy (non-hydrogen) atoms.